The summed E-state index contributed by atoms with van der Waals surface area (Å²) in [6.07, 6.45) is 0. The highest BCUT2D eigenvalue weighted by molar-refractivity contribution is 5.86. The van der Waals surface area contributed by atoms with E-state index in [-0.39, 0.29) is 18.0 Å². The third-order valence-corrected chi connectivity index (χ3v) is 4.02. The van der Waals surface area contributed by atoms with Crippen LogP contribution >= 0.6 is 0 Å². The minimum Gasteiger partial charge on any atom is -0.352 e. The molecule has 1 aromatic carbocycles. The van der Waals surface area contributed by atoms with E-state index in [9.17, 15) is 4.79 Å². The Bertz CT molecular complexity index is 604. The Morgan fingerprint density at radius 2 is 1.77 bits per heavy atom. The lowest BCUT2D eigenvalue weighted by atomic mass is 10.1. The summed E-state index contributed by atoms with van der Waals surface area (Å²) in [5.41, 5.74) is 2.27. The number of carbonyl (C=O) groups is 1. The van der Waals surface area contributed by atoms with E-state index in [0.29, 0.717) is 18.5 Å². The molecule has 0 fully saturated rings. The van der Waals surface area contributed by atoms with Gasteiger partial charge in [-0.05, 0) is 52.8 Å². The van der Waals surface area contributed by atoms with Crippen molar-refractivity contribution in [2.24, 2.45) is 4.99 Å². The molecule has 0 aliphatic heterocycles. The molecule has 0 saturated carbocycles. The fourth-order valence-electron chi connectivity index (χ4n) is 2.36. The molecule has 26 heavy (non-hydrogen) atoms. The summed E-state index contributed by atoms with van der Waals surface area (Å²) in [5.74, 6) is 0.556. The molecule has 146 valence electrons. The van der Waals surface area contributed by atoms with E-state index in [0.717, 1.165) is 6.54 Å². The van der Waals surface area contributed by atoms with E-state index in [1.54, 1.807) is 7.05 Å². The van der Waals surface area contributed by atoms with Crippen molar-refractivity contribution in [3.05, 3.63) is 35.4 Å². The zero-order valence-electron chi connectivity index (χ0n) is 17.3. The summed E-state index contributed by atoms with van der Waals surface area (Å²) in [7, 11) is 3.83. The van der Waals surface area contributed by atoms with Crippen molar-refractivity contribution >= 4 is 11.9 Å². The molecule has 0 radical (unpaired) electrons. The van der Waals surface area contributed by atoms with Crippen molar-refractivity contribution < 1.29 is 4.79 Å². The van der Waals surface area contributed by atoms with Crippen LogP contribution in [0, 0.1) is 0 Å². The standard InChI is InChI=1S/C20H35N5O/c1-15(2)25(7)14-17-11-9-8-10-16(17)12-22-19(21-6)23-13-18(26)24-20(3,4)5/h8-11,15H,12-14H2,1-7H3,(H,24,26)(H2,21,22,23). The summed E-state index contributed by atoms with van der Waals surface area (Å²) < 4.78 is 0. The Morgan fingerprint density at radius 1 is 1.15 bits per heavy atom. The molecule has 0 aromatic heterocycles. The van der Waals surface area contributed by atoms with Crippen molar-refractivity contribution in [1.82, 2.24) is 20.9 Å². The van der Waals surface area contributed by atoms with Crippen LogP contribution in [0.1, 0.15) is 45.7 Å². The molecule has 0 heterocycles. The van der Waals surface area contributed by atoms with E-state index in [1.165, 1.54) is 11.1 Å². The van der Waals surface area contributed by atoms with Gasteiger partial charge in [-0.3, -0.25) is 14.7 Å². The van der Waals surface area contributed by atoms with Crippen LogP contribution in [0.4, 0.5) is 0 Å². The number of hydrogen-bond acceptors (Lipinski definition) is 3. The molecule has 3 N–H and O–H groups in total. The van der Waals surface area contributed by atoms with Gasteiger partial charge in [-0.25, -0.2) is 0 Å². The zero-order chi connectivity index (χ0) is 19.7. The smallest absolute Gasteiger partial charge is 0.239 e. The van der Waals surface area contributed by atoms with Crippen LogP contribution in [0.25, 0.3) is 0 Å². The lowest BCUT2D eigenvalue weighted by molar-refractivity contribution is -0.121. The van der Waals surface area contributed by atoms with Gasteiger partial charge in [-0.15, -0.1) is 0 Å². The quantitative estimate of drug-likeness (QED) is 0.514. The SMILES string of the molecule is CN=C(NCC(=O)NC(C)(C)C)NCc1ccccc1CN(C)C(C)C. The van der Waals surface area contributed by atoms with Crippen LogP contribution in [0.5, 0.6) is 0 Å². The summed E-state index contributed by atoms with van der Waals surface area (Å²) in [6, 6.07) is 8.88. The van der Waals surface area contributed by atoms with Crippen molar-refractivity contribution in [1.29, 1.82) is 0 Å². The summed E-state index contributed by atoms with van der Waals surface area (Å²) in [5, 5.41) is 9.27. The van der Waals surface area contributed by atoms with E-state index >= 15 is 0 Å². The molecule has 0 bridgehead atoms. The maximum absolute atomic E-state index is 11.9. The molecule has 1 amide bonds. The average molecular weight is 362 g/mol. The predicted octanol–water partition coefficient (Wildman–Crippen LogP) is 2.11. The van der Waals surface area contributed by atoms with Gasteiger partial charge in [0.15, 0.2) is 5.96 Å². The fourth-order valence-corrected chi connectivity index (χ4v) is 2.36. The molecule has 0 spiro atoms. The molecule has 0 atom stereocenters. The summed E-state index contributed by atoms with van der Waals surface area (Å²) >= 11 is 0. The fraction of sp³-hybridized carbons (Fsp3) is 0.600. The molecule has 0 saturated heterocycles. The van der Waals surface area contributed by atoms with Gasteiger partial charge in [-0.2, -0.15) is 0 Å². The van der Waals surface area contributed by atoms with Gasteiger partial charge in [0.05, 0.1) is 6.54 Å². The maximum Gasteiger partial charge on any atom is 0.239 e. The molecule has 1 rings (SSSR count). The first kappa shape index (κ1) is 22.0. The second kappa shape index (κ2) is 10.2. The number of carbonyl (C=O) groups excluding carboxylic acids is 1. The highest BCUT2D eigenvalue weighted by Gasteiger charge is 2.14. The lowest BCUT2D eigenvalue weighted by Gasteiger charge is -2.23. The van der Waals surface area contributed by atoms with Gasteiger partial charge >= 0.3 is 0 Å². The minimum atomic E-state index is -0.239. The first-order valence-corrected chi connectivity index (χ1v) is 9.15. The normalized spacial score (nSPS) is 12.4. The molecule has 6 heteroatoms. The van der Waals surface area contributed by atoms with Crippen LogP contribution in [0.15, 0.2) is 29.3 Å². The number of amides is 1. The average Bonchev–Trinajstić information content (AvgIpc) is 2.54. The third-order valence-electron chi connectivity index (χ3n) is 4.02. The Kier molecular flexibility index (Phi) is 8.58. The van der Waals surface area contributed by atoms with Crippen molar-refractivity contribution in [2.75, 3.05) is 20.6 Å². The third kappa shape index (κ3) is 8.34. The summed E-state index contributed by atoms with van der Waals surface area (Å²) in [4.78, 5) is 18.4. The van der Waals surface area contributed by atoms with Crippen LogP contribution in [-0.2, 0) is 17.9 Å². The molecule has 0 unspecified atom stereocenters. The Balaban J connectivity index is 2.60. The van der Waals surface area contributed by atoms with E-state index in [4.69, 9.17) is 0 Å². The first-order chi connectivity index (χ1) is 12.1. The van der Waals surface area contributed by atoms with Crippen LogP contribution in [0.3, 0.4) is 0 Å². The van der Waals surface area contributed by atoms with Crippen LogP contribution in [-0.4, -0.2) is 49.0 Å². The second-order valence-electron chi connectivity index (χ2n) is 7.86. The molecule has 6 nitrogen and oxygen atoms in total. The molecule has 0 aliphatic carbocycles. The van der Waals surface area contributed by atoms with Gasteiger partial charge in [0.25, 0.3) is 0 Å². The van der Waals surface area contributed by atoms with Gasteiger partial charge in [0, 0.05) is 31.7 Å². The van der Waals surface area contributed by atoms with E-state index in [2.05, 4.69) is 64.9 Å². The first-order valence-electron chi connectivity index (χ1n) is 9.15. The molecule has 0 aliphatic rings. The molecule has 1 aromatic rings. The summed E-state index contributed by atoms with van der Waals surface area (Å²) in [6.45, 7) is 12.0. The Labute approximate surface area is 158 Å². The van der Waals surface area contributed by atoms with Crippen LogP contribution < -0.4 is 16.0 Å². The second-order valence-corrected chi connectivity index (χ2v) is 7.86. The monoisotopic (exact) mass is 361 g/mol. The van der Waals surface area contributed by atoms with Gasteiger partial charge in [0.2, 0.25) is 5.91 Å². The number of rotatable bonds is 7. The van der Waals surface area contributed by atoms with Crippen molar-refractivity contribution in [3.8, 4) is 0 Å². The van der Waals surface area contributed by atoms with Crippen LogP contribution in [0.2, 0.25) is 0 Å². The predicted molar refractivity (Wildman–Crippen MR) is 109 cm³/mol. The highest BCUT2D eigenvalue weighted by atomic mass is 16.2. The van der Waals surface area contributed by atoms with Gasteiger partial charge in [0.1, 0.15) is 0 Å². The molecular formula is C20H35N5O. The number of nitrogens with zero attached hydrogens (tertiary/aromatic N) is 2. The van der Waals surface area contributed by atoms with Gasteiger partial charge < -0.3 is 16.0 Å². The number of benzene rings is 1. The van der Waals surface area contributed by atoms with E-state index in [1.807, 2.05) is 26.8 Å². The lowest BCUT2D eigenvalue weighted by Crippen LogP contribution is -2.48. The number of guanidine groups is 1. The number of aliphatic imine (C=N–C) groups is 1. The zero-order valence-corrected chi connectivity index (χ0v) is 17.3. The maximum atomic E-state index is 11.9. The van der Waals surface area contributed by atoms with Gasteiger partial charge in [-0.1, -0.05) is 24.3 Å². The Hall–Kier alpha value is -2.08. The van der Waals surface area contributed by atoms with Crippen molar-refractivity contribution in [2.45, 2.75) is 59.3 Å². The number of nitrogens with one attached hydrogen (secondary N) is 3. The molecular weight excluding hydrogens is 326 g/mol. The Morgan fingerprint density at radius 3 is 2.31 bits per heavy atom. The highest BCUT2D eigenvalue weighted by Crippen LogP contribution is 2.12. The van der Waals surface area contributed by atoms with E-state index < -0.39 is 0 Å². The topological polar surface area (TPSA) is 68.8 Å². The van der Waals surface area contributed by atoms with Crippen molar-refractivity contribution in [3.63, 3.8) is 0 Å². The largest absolute Gasteiger partial charge is 0.352 e. The number of hydrogen-bond donors (Lipinski definition) is 3. The minimum absolute atomic E-state index is 0.0561.